The van der Waals surface area contributed by atoms with Crippen LogP contribution in [0.1, 0.15) is 52.4 Å². The number of guanidine groups is 1. The zero-order chi connectivity index (χ0) is 18.4. The third-order valence-corrected chi connectivity index (χ3v) is 4.41. The summed E-state index contributed by atoms with van der Waals surface area (Å²) in [6, 6.07) is 0.0394. The smallest absolute Gasteiger partial charge is 0.305 e. The summed E-state index contributed by atoms with van der Waals surface area (Å²) in [5.74, 6) is 0.726. The van der Waals surface area contributed by atoms with Crippen LogP contribution in [-0.2, 0) is 19.4 Å². The molecule has 0 spiro atoms. The van der Waals surface area contributed by atoms with Crippen molar-refractivity contribution in [2.45, 2.75) is 58.4 Å². The van der Waals surface area contributed by atoms with Crippen LogP contribution >= 0.6 is 24.0 Å². The minimum atomic E-state index is -2.94. The number of hydrogen-bond donors (Lipinski definition) is 2. The molecule has 1 atom stereocenters. The fourth-order valence-electron chi connectivity index (χ4n) is 2.04. The minimum absolute atomic E-state index is 0. The van der Waals surface area contributed by atoms with E-state index < -0.39 is 9.84 Å². The molecule has 0 aromatic carbocycles. The molecule has 0 amide bonds. The summed E-state index contributed by atoms with van der Waals surface area (Å²) in [6.45, 7) is 5.39. The lowest BCUT2D eigenvalue weighted by molar-refractivity contribution is -0.140. The number of carbonyl (C=O) groups excluding carboxylic acids is 1. The molecule has 0 aromatic rings. The number of sulfone groups is 1. The molecule has 7 nitrogen and oxygen atoms in total. The number of unbranched alkanes of at least 4 members (excludes halogenated alkanes) is 3. The van der Waals surface area contributed by atoms with Crippen molar-refractivity contribution in [3.8, 4) is 0 Å². The summed E-state index contributed by atoms with van der Waals surface area (Å²) in [6.07, 6.45) is 6.08. The van der Waals surface area contributed by atoms with E-state index in [2.05, 4.69) is 20.4 Å². The maximum atomic E-state index is 11.2. The molecule has 0 radical (unpaired) electrons. The molecule has 0 aliphatic rings. The Morgan fingerprint density at radius 2 is 1.84 bits per heavy atom. The van der Waals surface area contributed by atoms with E-state index in [4.69, 9.17) is 0 Å². The van der Waals surface area contributed by atoms with Gasteiger partial charge in [-0.2, -0.15) is 0 Å². The molecule has 0 saturated heterocycles. The molecule has 0 heterocycles. The van der Waals surface area contributed by atoms with Gasteiger partial charge in [-0.25, -0.2) is 8.42 Å². The highest BCUT2D eigenvalue weighted by molar-refractivity contribution is 14.0. The highest BCUT2D eigenvalue weighted by Gasteiger charge is 2.09. The second kappa shape index (κ2) is 15.7. The first-order valence-corrected chi connectivity index (χ1v) is 10.6. The van der Waals surface area contributed by atoms with Gasteiger partial charge in [0.15, 0.2) is 5.96 Å². The Bertz CT molecular complexity index is 484. The first-order chi connectivity index (χ1) is 11.3. The van der Waals surface area contributed by atoms with Crippen LogP contribution in [0.25, 0.3) is 0 Å². The van der Waals surface area contributed by atoms with Gasteiger partial charge < -0.3 is 15.4 Å². The topological polar surface area (TPSA) is 96.9 Å². The summed E-state index contributed by atoms with van der Waals surface area (Å²) in [5, 5.41) is 6.39. The van der Waals surface area contributed by atoms with Crippen molar-refractivity contribution < 1.29 is 17.9 Å². The van der Waals surface area contributed by atoms with E-state index in [1.54, 1.807) is 0 Å². The predicted octanol–water partition coefficient (Wildman–Crippen LogP) is 2.11. The minimum Gasteiger partial charge on any atom is -0.469 e. The number of methoxy groups -OCH3 is 1. The van der Waals surface area contributed by atoms with Gasteiger partial charge in [-0.15, -0.1) is 24.0 Å². The zero-order valence-electron chi connectivity index (χ0n) is 15.8. The van der Waals surface area contributed by atoms with Gasteiger partial charge in [0, 0.05) is 31.8 Å². The number of esters is 1. The lowest BCUT2D eigenvalue weighted by Gasteiger charge is -2.17. The van der Waals surface area contributed by atoms with Crippen molar-refractivity contribution in [3.63, 3.8) is 0 Å². The Balaban J connectivity index is 0. The average Bonchev–Trinajstić information content (AvgIpc) is 2.51. The van der Waals surface area contributed by atoms with Crippen LogP contribution in [0, 0.1) is 0 Å². The Morgan fingerprint density at radius 3 is 2.40 bits per heavy atom. The number of rotatable bonds is 12. The molecule has 9 heteroatoms. The van der Waals surface area contributed by atoms with Crippen LogP contribution < -0.4 is 10.6 Å². The van der Waals surface area contributed by atoms with Gasteiger partial charge >= 0.3 is 5.97 Å². The Hall–Kier alpha value is -0.580. The van der Waals surface area contributed by atoms with Gasteiger partial charge in [0.1, 0.15) is 9.84 Å². The van der Waals surface area contributed by atoms with Crippen molar-refractivity contribution in [1.29, 1.82) is 0 Å². The van der Waals surface area contributed by atoms with Gasteiger partial charge in [-0.1, -0.05) is 12.8 Å². The molecule has 2 N–H and O–H groups in total. The highest BCUT2D eigenvalue weighted by atomic mass is 127. The summed E-state index contributed by atoms with van der Waals surface area (Å²) in [4.78, 5) is 15.5. The van der Waals surface area contributed by atoms with Gasteiger partial charge in [0.2, 0.25) is 0 Å². The number of nitrogens with one attached hydrogen (secondary N) is 2. The number of halogens is 1. The largest absolute Gasteiger partial charge is 0.469 e. The lowest BCUT2D eigenvalue weighted by atomic mass is 10.1. The van der Waals surface area contributed by atoms with Crippen LogP contribution in [0.3, 0.4) is 0 Å². The second-order valence-corrected chi connectivity index (χ2v) is 8.22. The maximum absolute atomic E-state index is 11.2. The summed E-state index contributed by atoms with van der Waals surface area (Å²) in [5.41, 5.74) is 0. The van der Waals surface area contributed by atoms with Crippen molar-refractivity contribution in [2.75, 3.05) is 32.2 Å². The fourth-order valence-corrected chi connectivity index (χ4v) is 2.83. The van der Waals surface area contributed by atoms with E-state index >= 15 is 0 Å². The van der Waals surface area contributed by atoms with E-state index in [9.17, 15) is 13.2 Å². The van der Waals surface area contributed by atoms with E-state index in [1.807, 2.05) is 13.8 Å². The predicted molar refractivity (Wildman–Crippen MR) is 113 cm³/mol. The number of nitrogens with zero attached hydrogens (tertiary/aromatic N) is 1. The third-order valence-electron chi connectivity index (χ3n) is 3.44. The molecule has 0 aliphatic heterocycles. The SMILES string of the molecule is CCNC(=NCCCCCCC(=O)OC)NC(C)CCS(C)(=O)=O.I. The van der Waals surface area contributed by atoms with Crippen molar-refractivity contribution in [1.82, 2.24) is 10.6 Å². The average molecular weight is 491 g/mol. The number of ether oxygens (including phenoxy) is 1. The Labute approximate surface area is 169 Å². The molecule has 1 unspecified atom stereocenters. The van der Waals surface area contributed by atoms with Crippen LogP contribution in [0.2, 0.25) is 0 Å². The van der Waals surface area contributed by atoms with Crippen molar-refractivity contribution >= 4 is 45.7 Å². The van der Waals surface area contributed by atoms with Gasteiger partial charge in [-0.05, 0) is 33.1 Å². The van der Waals surface area contributed by atoms with Crippen molar-refractivity contribution in [2.24, 2.45) is 4.99 Å². The normalized spacial score (nSPS) is 12.9. The number of carbonyl (C=O) groups is 1. The monoisotopic (exact) mass is 491 g/mol. The third kappa shape index (κ3) is 18.0. The Morgan fingerprint density at radius 1 is 1.20 bits per heavy atom. The molecule has 0 rings (SSSR count). The molecule has 0 aromatic heterocycles. The molecule has 25 heavy (non-hydrogen) atoms. The van der Waals surface area contributed by atoms with E-state index in [1.165, 1.54) is 13.4 Å². The molecule has 0 fully saturated rings. The lowest BCUT2D eigenvalue weighted by Crippen LogP contribution is -2.42. The quantitative estimate of drug-likeness (QED) is 0.143. The van der Waals surface area contributed by atoms with Crippen LogP contribution in [-0.4, -0.2) is 58.6 Å². The summed E-state index contributed by atoms with van der Waals surface area (Å²) < 4.78 is 27.0. The standard InChI is InChI=1S/C16H33N3O4S.HI/c1-5-17-16(19-14(2)11-13-24(4,21)22)18-12-9-7-6-8-10-15(20)23-3;/h14H,5-13H2,1-4H3,(H2,17,18,19);1H. The van der Waals surface area contributed by atoms with Crippen LogP contribution in [0.5, 0.6) is 0 Å². The molecular weight excluding hydrogens is 457 g/mol. The summed E-state index contributed by atoms with van der Waals surface area (Å²) in [7, 11) is -1.53. The van der Waals surface area contributed by atoms with Crippen LogP contribution in [0.4, 0.5) is 0 Å². The van der Waals surface area contributed by atoms with Gasteiger partial charge in [0.05, 0.1) is 12.9 Å². The van der Waals surface area contributed by atoms with Gasteiger partial charge in [0.25, 0.3) is 0 Å². The first-order valence-electron chi connectivity index (χ1n) is 8.58. The molecule has 150 valence electrons. The number of hydrogen-bond acceptors (Lipinski definition) is 5. The van der Waals surface area contributed by atoms with Gasteiger partial charge in [-0.3, -0.25) is 9.79 Å². The number of aliphatic imine (C=N–C) groups is 1. The molecule has 0 saturated carbocycles. The highest BCUT2D eigenvalue weighted by Crippen LogP contribution is 2.04. The summed E-state index contributed by atoms with van der Waals surface area (Å²) >= 11 is 0. The fraction of sp³-hybridized carbons (Fsp3) is 0.875. The van der Waals surface area contributed by atoms with E-state index in [0.29, 0.717) is 25.3 Å². The molecule has 0 bridgehead atoms. The second-order valence-electron chi connectivity index (χ2n) is 5.96. The van der Waals surface area contributed by atoms with Crippen molar-refractivity contribution in [3.05, 3.63) is 0 Å². The Kier molecular flexibility index (Phi) is 16.7. The van der Waals surface area contributed by atoms with E-state index in [-0.39, 0.29) is 41.7 Å². The maximum Gasteiger partial charge on any atom is 0.305 e. The zero-order valence-corrected chi connectivity index (χ0v) is 19.0. The molecule has 0 aliphatic carbocycles. The van der Waals surface area contributed by atoms with E-state index in [0.717, 1.165) is 32.2 Å². The molecular formula is C16H34IN3O4S. The first kappa shape index (κ1) is 26.6. The van der Waals surface area contributed by atoms with Crippen LogP contribution in [0.15, 0.2) is 4.99 Å².